The number of aliphatic hydroxyl groups excluding tert-OH is 1. The molecule has 0 bridgehead atoms. The van der Waals surface area contributed by atoms with Gasteiger partial charge in [-0.15, -0.1) is 0 Å². The van der Waals surface area contributed by atoms with Gasteiger partial charge >= 0.3 is 0 Å². The van der Waals surface area contributed by atoms with E-state index in [1.807, 2.05) is 0 Å². The fourth-order valence-corrected chi connectivity index (χ4v) is 1.64. The first-order chi connectivity index (χ1) is 7.24. The molecule has 0 radical (unpaired) electrons. The summed E-state index contributed by atoms with van der Waals surface area (Å²) < 4.78 is 0. The minimum atomic E-state index is -0.270. The molecule has 5 heteroatoms. The van der Waals surface area contributed by atoms with Crippen molar-refractivity contribution in [2.24, 2.45) is 0 Å². The number of nitrogens with one attached hydrogen (secondary N) is 4. The van der Waals surface area contributed by atoms with Crippen LogP contribution in [-0.2, 0) is 0 Å². The van der Waals surface area contributed by atoms with Gasteiger partial charge in [-0.1, -0.05) is 20.8 Å². The third-order valence-corrected chi connectivity index (χ3v) is 2.11. The van der Waals surface area contributed by atoms with Gasteiger partial charge in [0, 0.05) is 13.1 Å². The second-order valence-corrected chi connectivity index (χ2v) is 3.40. The van der Waals surface area contributed by atoms with Gasteiger partial charge in [0.2, 0.25) is 0 Å². The van der Waals surface area contributed by atoms with Crippen LogP contribution in [0.15, 0.2) is 0 Å². The molecule has 0 spiro atoms. The molecule has 0 atom stereocenters. The first-order valence-electron chi connectivity index (χ1n) is 5.81. The van der Waals surface area contributed by atoms with Crippen molar-refractivity contribution in [1.29, 1.82) is 0 Å². The number of rotatable bonds is 10. The Morgan fingerprint density at radius 3 is 1.73 bits per heavy atom. The van der Waals surface area contributed by atoms with E-state index in [2.05, 4.69) is 42.0 Å². The molecule has 92 valence electrons. The lowest BCUT2D eigenvalue weighted by atomic mass is 10.3. The van der Waals surface area contributed by atoms with Gasteiger partial charge in [0.1, 0.15) is 5.79 Å². The third kappa shape index (κ3) is 6.06. The molecule has 0 aliphatic rings. The minimum absolute atomic E-state index is 0.167. The predicted molar refractivity (Wildman–Crippen MR) is 63.7 cm³/mol. The molecule has 0 aromatic carbocycles. The molecule has 0 saturated carbocycles. The Morgan fingerprint density at radius 2 is 1.40 bits per heavy atom. The molecule has 5 N–H and O–H groups in total. The number of hydrogen-bond acceptors (Lipinski definition) is 5. The molecule has 15 heavy (non-hydrogen) atoms. The molecule has 0 aromatic rings. The van der Waals surface area contributed by atoms with Crippen molar-refractivity contribution < 1.29 is 5.11 Å². The van der Waals surface area contributed by atoms with Crippen molar-refractivity contribution in [3.05, 3.63) is 0 Å². The lowest BCUT2D eigenvalue weighted by molar-refractivity contribution is 0.194. The number of aliphatic hydroxyl groups is 1. The summed E-state index contributed by atoms with van der Waals surface area (Å²) in [4.78, 5) is 0. The number of likely N-dealkylation sites (N-methyl/N-ethyl adjacent to an activating group) is 3. The van der Waals surface area contributed by atoms with E-state index in [1.54, 1.807) is 0 Å². The highest BCUT2D eigenvalue weighted by atomic mass is 16.3. The van der Waals surface area contributed by atoms with Crippen LogP contribution in [0.5, 0.6) is 0 Å². The van der Waals surface area contributed by atoms with E-state index in [9.17, 15) is 0 Å². The number of hydrogen-bond donors (Lipinski definition) is 5. The topological polar surface area (TPSA) is 68.3 Å². The fourth-order valence-electron chi connectivity index (χ4n) is 1.64. The molecule has 0 rings (SSSR count). The van der Waals surface area contributed by atoms with Crippen LogP contribution in [0.4, 0.5) is 0 Å². The monoisotopic (exact) mass is 218 g/mol. The van der Waals surface area contributed by atoms with Crippen LogP contribution >= 0.6 is 0 Å². The van der Waals surface area contributed by atoms with Gasteiger partial charge in [0.05, 0.1) is 6.61 Å². The van der Waals surface area contributed by atoms with Crippen LogP contribution in [0.2, 0.25) is 0 Å². The quantitative estimate of drug-likeness (QED) is 0.242. The lowest BCUT2D eigenvalue weighted by Crippen LogP contribution is -2.71. The molecule has 0 aromatic heterocycles. The second-order valence-electron chi connectivity index (χ2n) is 3.40. The summed E-state index contributed by atoms with van der Waals surface area (Å²) in [7, 11) is 0. The Hall–Kier alpha value is -0.200. The summed E-state index contributed by atoms with van der Waals surface area (Å²) in [6, 6.07) is 0. The Bertz CT molecular complexity index is 126. The van der Waals surface area contributed by atoms with Gasteiger partial charge in [-0.05, 0) is 19.6 Å². The highest BCUT2D eigenvalue weighted by Gasteiger charge is 2.25. The fraction of sp³-hybridized carbons (Fsp3) is 1.00. The zero-order valence-corrected chi connectivity index (χ0v) is 10.2. The summed E-state index contributed by atoms with van der Waals surface area (Å²) in [5.74, 6) is -0.270. The maximum atomic E-state index is 8.73. The van der Waals surface area contributed by atoms with E-state index in [-0.39, 0.29) is 12.4 Å². The smallest absolute Gasteiger partial charge is 0.136 e. The van der Waals surface area contributed by atoms with Gasteiger partial charge in [0.25, 0.3) is 0 Å². The van der Waals surface area contributed by atoms with Crippen LogP contribution in [-0.4, -0.2) is 50.2 Å². The van der Waals surface area contributed by atoms with E-state index in [4.69, 9.17) is 5.11 Å². The van der Waals surface area contributed by atoms with E-state index in [0.717, 1.165) is 26.2 Å². The molecule has 0 aliphatic heterocycles. The van der Waals surface area contributed by atoms with Crippen LogP contribution in [0.3, 0.4) is 0 Å². The summed E-state index contributed by atoms with van der Waals surface area (Å²) in [5, 5.41) is 22.1. The van der Waals surface area contributed by atoms with Gasteiger partial charge in [-0.25, -0.2) is 0 Å². The van der Waals surface area contributed by atoms with Crippen molar-refractivity contribution in [3.63, 3.8) is 0 Å². The zero-order chi connectivity index (χ0) is 11.6. The third-order valence-electron chi connectivity index (χ3n) is 2.11. The van der Waals surface area contributed by atoms with E-state index in [1.165, 1.54) is 0 Å². The van der Waals surface area contributed by atoms with Crippen molar-refractivity contribution in [3.8, 4) is 0 Å². The molecular formula is C10H26N4O. The first-order valence-corrected chi connectivity index (χ1v) is 5.81. The molecule has 0 saturated heterocycles. The van der Waals surface area contributed by atoms with E-state index in [0.29, 0.717) is 6.54 Å². The second kappa shape index (κ2) is 9.06. The van der Waals surface area contributed by atoms with Crippen molar-refractivity contribution >= 4 is 0 Å². The first kappa shape index (κ1) is 14.8. The van der Waals surface area contributed by atoms with Crippen LogP contribution in [0.1, 0.15) is 20.8 Å². The predicted octanol–water partition coefficient (Wildman–Crippen LogP) is -0.949. The Balaban J connectivity index is 4.18. The average molecular weight is 218 g/mol. The van der Waals surface area contributed by atoms with Gasteiger partial charge in [-0.3, -0.25) is 16.0 Å². The molecular weight excluding hydrogens is 192 g/mol. The zero-order valence-electron chi connectivity index (χ0n) is 10.2. The van der Waals surface area contributed by atoms with Gasteiger partial charge < -0.3 is 10.4 Å². The van der Waals surface area contributed by atoms with Crippen LogP contribution in [0, 0.1) is 0 Å². The lowest BCUT2D eigenvalue weighted by Gasteiger charge is -2.36. The van der Waals surface area contributed by atoms with Crippen LogP contribution in [0.25, 0.3) is 0 Å². The van der Waals surface area contributed by atoms with Crippen LogP contribution < -0.4 is 21.3 Å². The SMILES string of the molecule is CCNC(CNCCO)(NCC)NCC. The standard InChI is InChI=1S/C10H26N4O/c1-4-12-10(13-5-2,14-6-3)9-11-7-8-15/h11-15H,4-9H2,1-3H3. The Morgan fingerprint density at radius 1 is 0.933 bits per heavy atom. The van der Waals surface area contributed by atoms with Gasteiger partial charge in [-0.2, -0.15) is 0 Å². The average Bonchev–Trinajstić information content (AvgIpc) is 2.19. The van der Waals surface area contributed by atoms with Crippen molar-refractivity contribution in [2.75, 3.05) is 39.3 Å². The minimum Gasteiger partial charge on any atom is -0.395 e. The maximum Gasteiger partial charge on any atom is 0.136 e. The summed E-state index contributed by atoms with van der Waals surface area (Å²) in [5.41, 5.74) is 0. The van der Waals surface area contributed by atoms with Gasteiger partial charge in [0.15, 0.2) is 0 Å². The molecule has 0 fully saturated rings. The highest BCUT2D eigenvalue weighted by molar-refractivity contribution is 4.84. The molecule has 0 aliphatic carbocycles. The van der Waals surface area contributed by atoms with E-state index < -0.39 is 0 Å². The summed E-state index contributed by atoms with van der Waals surface area (Å²) >= 11 is 0. The maximum absolute atomic E-state index is 8.73. The largest absolute Gasteiger partial charge is 0.395 e. The Labute approximate surface area is 93.0 Å². The highest BCUT2D eigenvalue weighted by Crippen LogP contribution is 1.93. The molecule has 0 heterocycles. The molecule has 0 amide bonds. The normalized spacial score (nSPS) is 12.0. The van der Waals surface area contributed by atoms with E-state index >= 15 is 0 Å². The molecule has 0 unspecified atom stereocenters. The van der Waals surface area contributed by atoms with Crippen molar-refractivity contribution in [2.45, 2.75) is 26.6 Å². The van der Waals surface area contributed by atoms with Crippen molar-refractivity contribution in [1.82, 2.24) is 21.3 Å². The Kier molecular flexibility index (Phi) is 8.94. The summed E-state index contributed by atoms with van der Waals surface area (Å²) in [6.45, 7) is 10.4. The summed E-state index contributed by atoms with van der Waals surface area (Å²) in [6.07, 6.45) is 0. The molecule has 5 nitrogen and oxygen atoms in total.